The smallest absolute Gasteiger partial charge is 0.305 e. The Morgan fingerprint density at radius 2 is 1.55 bits per heavy atom. The van der Waals surface area contributed by atoms with Crippen LogP contribution in [0.15, 0.2) is 58.6 Å². The molecule has 0 fully saturated rings. The lowest BCUT2D eigenvalue weighted by molar-refractivity contribution is -0.140. The molecule has 0 spiro atoms. The van der Waals surface area contributed by atoms with Crippen molar-refractivity contribution in [3.63, 3.8) is 0 Å². The van der Waals surface area contributed by atoms with Crippen molar-refractivity contribution in [3.8, 4) is 0 Å². The SMILES string of the molecule is C.CC.CC.CC(NC(=O)CNC(=O)SCc1ccccc1)C(=O)NC(CC(=O)O)C(=O)Cn1nnnc1Sc1c(Cl)cccc1Cl. The maximum absolute atomic E-state index is 13.0. The molecule has 0 aliphatic heterocycles. The molecule has 47 heavy (non-hydrogen) atoms. The van der Waals surface area contributed by atoms with Gasteiger partial charge < -0.3 is 21.1 Å². The molecule has 4 N–H and O–H groups in total. The number of aliphatic carboxylic acids is 1. The van der Waals surface area contributed by atoms with Gasteiger partial charge in [-0.3, -0.25) is 24.0 Å². The summed E-state index contributed by atoms with van der Waals surface area (Å²) in [5, 5.41) is 28.1. The molecule has 1 heterocycles. The molecule has 0 aliphatic carbocycles. The van der Waals surface area contributed by atoms with Crippen molar-refractivity contribution in [2.45, 2.75) is 82.9 Å². The van der Waals surface area contributed by atoms with E-state index in [0.717, 1.165) is 33.8 Å². The van der Waals surface area contributed by atoms with Crippen LogP contribution in [0.25, 0.3) is 0 Å². The number of amides is 3. The number of carboxylic acids is 1. The van der Waals surface area contributed by atoms with E-state index in [1.165, 1.54) is 6.92 Å². The number of hydrogen-bond donors (Lipinski definition) is 4. The number of Topliss-reactive ketones (excluding diaryl/α,β-unsaturated/α-hetero) is 1. The molecule has 258 valence electrons. The van der Waals surface area contributed by atoms with Crippen molar-refractivity contribution in [2.24, 2.45) is 0 Å². The molecule has 1 aromatic heterocycles. The maximum Gasteiger partial charge on any atom is 0.305 e. The number of aromatic nitrogens is 4. The molecule has 0 bridgehead atoms. The Balaban J connectivity index is 0.00000407. The Kier molecular flexibility index (Phi) is 21.8. The first-order valence-corrected chi connectivity index (χ1v) is 16.8. The van der Waals surface area contributed by atoms with Gasteiger partial charge in [-0.2, -0.15) is 0 Å². The molecule has 0 radical (unpaired) electrons. The van der Waals surface area contributed by atoms with Gasteiger partial charge >= 0.3 is 5.97 Å². The summed E-state index contributed by atoms with van der Waals surface area (Å²) in [4.78, 5) is 61.9. The number of carbonyl (C=O) groups excluding carboxylic acids is 4. The van der Waals surface area contributed by atoms with Gasteiger partial charge in [-0.15, -0.1) is 5.10 Å². The lowest BCUT2D eigenvalue weighted by Crippen LogP contribution is -2.52. The number of carbonyl (C=O) groups is 5. The lowest BCUT2D eigenvalue weighted by atomic mass is 10.1. The third-order valence-electron chi connectivity index (χ3n) is 5.38. The number of nitrogens with zero attached hydrogens (tertiary/aromatic N) is 4. The predicted octanol–water partition coefficient (Wildman–Crippen LogP) is 5.50. The van der Waals surface area contributed by atoms with E-state index in [2.05, 4.69) is 31.5 Å². The van der Waals surface area contributed by atoms with Crippen molar-refractivity contribution in [3.05, 3.63) is 64.1 Å². The molecular formula is C30H41Cl2N7O6S2. The second-order valence-corrected chi connectivity index (χ2v) is 11.3. The molecule has 0 saturated heterocycles. The minimum atomic E-state index is -1.45. The molecule has 0 saturated carbocycles. The van der Waals surface area contributed by atoms with E-state index < -0.39 is 53.9 Å². The molecule has 2 unspecified atom stereocenters. The van der Waals surface area contributed by atoms with Crippen LogP contribution in [0.3, 0.4) is 0 Å². The second kappa shape index (κ2) is 23.6. The van der Waals surface area contributed by atoms with Crippen molar-refractivity contribution in [1.82, 2.24) is 36.2 Å². The van der Waals surface area contributed by atoms with Gasteiger partial charge in [0.05, 0.1) is 33.9 Å². The first kappa shape index (κ1) is 43.3. The zero-order valence-electron chi connectivity index (χ0n) is 26.0. The van der Waals surface area contributed by atoms with E-state index in [4.69, 9.17) is 23.2 Å². The number of halogens is 2. The molecule has 2 atom stereocenters. The summed E-state index contributed by atoms with van der Waals surface area (Å²) >= 11 is 14.4. The van der Waals surface area contributed by atoms with Crippen molar-refractivity contribution >= 4 is 75.5 Å². The molecule has 17 heteroatoms. The van der Waals surface area contributed by atoms with E-state index in [-0.39, 0.29) is 19.1 Å². The highest BCUT2D eigenvalue weighted by molar-refractivity contribution is 8.12. The minimum Gasteiger partial charge on any atom is -0.481 e. The van der Waals surface area contributed by atoms with Gasteiger partial charge in [-0.1, -0.05) is 106 Å². The fourth-order valence-corrected chi connectivity index (χ4v) is 5.39. The zero-order valence-corrected chi connectivity index (χ0v) is 29.1. The number of hydrogen-bond acceptors (Lipinski definition) is 10. The molecule has 3 amide bonds. The fourth-order valence-electron chi connectivity index (χ4n) is 3.30. The lowest BCUT2D eigenvalue weighted by Gasteiger charge is -2.20. The summed E-state index contributed by atoms with van der Waals surface area (Å²) in [6.45, 7) is 8.50. The molecule has 3 rings (SSSR count). The predicted molar refractivity (Wildman–Crippen MR) is 186 cm³/mol. The third-order valence-corrected chi connectivity index (χ3v) is 8.23. The molecule has 0 aliphatic rings. The van der Waals surface area contributed by atoms with Gasteiger partial charge in [0, 0.05) is 5.75 Å². The number of thioether (sulfide) groups is 1. The minimum absolute atomic E-state index is 0. The van der Waals surface area contributed by atoms with Crippen LogP contribution < -0.4 is 16.0 Å². The van der Waals surface area contributed by atoms with E-state index in [1.54, 1.807) is 18.2 Å². The Bertz CT molecular complexity index is 1430. The van der Waals surface area contributed by atoms with Gasteiger partial charge in [0.25, 0.3) is 5.24 Å². The third kappa shape index (κ3) is 15.7. The summed E-state index contributed by atoms with van der Waals surface area (Å²) in [6, 6.07) is 11.6. The Morgan fingerprint density at radius 3 is 2.15 bits per heavy atom. The van der Waals surface area contributed by atoms with Crippen LogP contribution in [0.1, 0.15) is 54.0 Å². The molecule has 2 aromatic carbocycles. The highest BCUT2D eigenvalue weighted by Gasteiger charge is 2.28. The molecule has 13 nitrogen and oxygen atoms in total. The Morgan fingerprint density at radius 1 is 0.936 bits per heavy atom. The number of benzene rings is 2. The average Bonchev–Trinajstić information content (AvgIpc) is 3.48. The van der Waals surface area contributed by atoms with Gasteiger partial charge in [-0.25, -0.2) is 4.68 Å². The summed E-state index contributed by atoms with van der Waals surface area (Å²) in [5.74, 6) is -3.07. The quantitative estimate of drug-likeness (QED) is 0.164. The molecule has 3 aromatic rings. The Labute approximate surface area is 293 Å². The van der Waals surface area contributed by atoms with Crippen molar-refractivity contribution < 1.29 is 29.1 Å². The summed E-state index contributed by atoms with van der Waals surface area (Å²) in [5.41, 5.74) is 0.943. The van der Waals surface area contributed by atoms with Crippen molar-refractivity contribution in [1.29, 1.82) is 0 Å². The maximum atomic E-state index is 13.0. The van der Waals surface area contributed by atoms with E-state index >= 15 is 0 Å². The summed E-state index contributed by atoms with van der Waals surface area (Å²) < 4.78 is 1.12. The summed E-state index contributed by atoms with van der Waals surface area (Å²) in [6.07, 6.45) is -0.721. The highest BCUT2D eigenvalue weighted by Crippen LogP contribution is 2.37. The highest BCUT2D eigenvalue weighted by atomic mass is 35.5. The second-order valence-electron chi connectivity index (χ2n) is 8.60. The number of carboxylic acid groups (broad SMARTS) is 1. The van der Waals surface area contributed by atoms with E-state index in [9.17, 15) is 29.1 Å². The van der Waals surface area contributed by atoms with E-state index in [1.807, 2.05) is 58.0 Å². The Hall–Kier alpha value is -3.66. The first-order chi connectivity index (χ1) is 22.0. The number of nitrogens with one attached hydrogen (secondary N) is 3. The standard InChI is InChI=1S/C25H25Cl2N7O6S2.2C2H6.CH4/c1-14(29-20(36)11-28-25(40)41-13-15-6-3-2-4-7-15)23(39)30-18(10-21(37)38)19(35)12-34-24(31-32-33-34)42-22-16(26)8-5-9-17(22)27;2*1-2;/h2-9,14,18H,10-13H2,1H3,(H,28,40)(H,29,36)(H,30,39)(H,37,38);2*1-2H3;1H4. The topological polar surface area (TPSA) is 185 Å². The number of rotatable bonds is 14. The van der Waals surface area contributed by atoms with Crippen molar-refractivity contribution in [2.75, 3.05) is 6.54 Å². The molecular weight excluding hydrogens is 689 g/mol. The van der Waals surface area contributed by atoms with Crippen LogP contribution in [0.2, 0.25) is 10.0 Å². The largest absolute Gasteiger partial charge is 0.481 e. The first-order valence-electron chi connectivity index (χ1n) is 14.2. The van der Waals surface area contributed by atoms with Gasteiger partial charge in [-0.05, 0) is 46.8 Å². The van der Waals surface area contributed by atoms with Crippen LogP contribution in [0.4, 0.5) is 4.79 Å². The van der Waals surface area contributed by atoms with Gasteiger partial charge in [0.2, 0.25) is 17.0 Å². The monoisotopic (exact) mass is 729 g/mol. The zero-order chi connectivity index (χ0) is 34.6. The van der Waals surface area contributed by atoms with Crippen LogP contribution in [0.5, 0.6) is 0 Å². The van der Waals surface area contributed by atoms with Crippen LogP contribution in [-0.4, -0.2) is 72.7 Å². The summed E-state index contributed by atoms with van der Waals surface area (Å²) in [7, 11) is 0. The normalized spacial score (nSPS) is 11.1. The van der Waals surface area contributed by atoms with Gasteiger partial charge in [0.1, 0.15) is 12.6 Å². The fraction of sp³-hybridized carbons (Fsp3) is 0.400. The number of ketones is 1. The van der Waals surface area contributed by atoms with Crippen LogP contribution in [0, 0.1) is 0 Å². The average molecular weight is 731 g/mol. The van der Waals surface area contributed by atoms with Crippen LogP contribution >= 0.6 is 46.7 Å². The van der Waals surface area contributed by atoms with E-state index in [0.29, 0.717) is 20.7 Å². The van der Waals surface area contributed by atoms with Crippen LogP contribution in [-0.2, 0) is 31.5 Å². The number of tetrazole rings is 1. The van der Waals surface area contributed by atoms with Gasteiger partial charge in [0.15, 0.2) is 5.78 Å².